The number of benzene rings is 2. The van der Waals surface area contributed by atoms with E-state index in [0.29, 0.717) is 6.42 Å². The predicted octanol–water partition coefficient (Wildman–Crippen LogP) is 4.68. The van der Waals surface area contributed by atoms with Crippen LogP contribution in [0.5, 0.6) is 0 Å². The Morgan fingerprint density at radius 3 is 2.18 bits per heavy atom. The molecule has 5 heteroatoms. The van der Waals surface area contributed by atoms with Crippen molar-refractivity contribution in [2.45, 2.75) is 31.2 Å². The van der Waals surface area contributed by atoms with Crippen LogP contribution in [0, 0.1) is 0 Å². The summed E-state index contributed by atoms with van der Waals surface area (Å²) >= 11 is 0. The van der Waals surface area contributed by atoms with Crippen molar-refractivity contribution in [1.29, 1.82) is 0 Å². The number of hydrogen-bond donors (Lipinski definition) is 1. The first kappa shape index (κ1) is 19.7. The number of amides is 1. The van der Waals surface area contributed by atoms with Crippen LogP contribution in [0.4, 0.5) is 4.79 Å². The van der Waals surface area contributed by atoms with Gasteiger partial charge in [0, 0.05) is 13.0 Å². The zero-order valence-electron chi connectivity index (χ0n) is 16.2. The van der Waals surface area contributed by atoms with E-state index >= 15 is 0 Å². The maximum Gasteiger partial charge on any atom is 0.410 e. The molecule has 3 rings (SSSR count). The van der Waals surface area contributed by atoms with Crippen molar-refractivity contribution in [2.75, 3.05) is 13.7 Å². The van der Waals surface area contributed by atoms with E-state index < -0.39 is 17.6 Å². The summed E-state index contributed by atoms with van der Waals surface area (Å²) in [6.45, 7) is 5.32. The first-order valence-electron chi connectivity index (χ1n) is 9.33. The van der Waals surface area contributed by atoms with E-state index in [1.165, 1.54) is 18.9 Å². The van der Waals surface area contributed by atoms with Gasteiger partial charge in [-0.15, -0.1) is 6.58 Å². The Hall–Kier alpha value is -3.08. The fourth-order valence-electron chi connectivity index (χ4n) is 3.69. The number of hydrogen-bond acceptors (Lipinski definition) is 3. The number of nitrogens with zero attached hydrogens (tertiary/aromatic N) is 1. The first-order valence-corrected chi connectivity index (χ1v) is 9.33. The molecular weight excluding hydrogens is 354 g/mol. The first-order chi connectivity index (χ1) is 13.4. The second kappa shape index (κ2) is 7.89. The molecule has 1 aliphatic rings. The van der Waals surface area contributed by atoms with Gasteiger partial charge in [-0.1, -0.05) is 54.6 Å². The van der Waals surface area contributed by atoms with E-state index in [4.69, 9.17) is 4.74 Å². The van der Waals surface area contributed by atoms with Gasteiger partial charge in [-0.2, -0.15) is 0 Å². The van der Waals surface area contributed by atoms with Crippen LogP contribution in [-0.4, -0.2) is 41.3 Å². The van der Waals surface area contributed by atoms with Crippen LogP contribution in [0.3, 0.4) is 0 Å². The molecule has 5 nitrogen and oxygen atoms in total. The Kier molecular flexibility index (Phi) is 5.54. The largest absolute Gasteiger partial charge is 0.480 e. The maximum atomic E-state index is 12.7. The molecule has 0 radical (unpaired) electrons. The molecule has 0 spiro atoms. The lowest BCUT2D eigenvalue weighted by atomic mass is 9.94. The van der Waals surface area contributed by atoms with Crippen LogP contribution in [0.2, 0.25) is 0 Å². The number of likely N-dealkylation sites (N-methyl/N-ethyl adjacent to an activating group) is 1. The van der Waals surface area contributed by atoms with Gasteiger partial charge in [-0.25, -0.2) is 9.59 Å². The number of carboxylic acids is 1. The highest BCUT2D eigenvalue weighted by Crippen LogP contribution is 2.44. The van der Waals surface area contributed by atoms with E-state index in [1.54, 1.807) is 6.08 Å². The topological polar surface area (TPSA) is 66.8 Å². The third kappa shape index (κ3) is 3.40. The van der Waals surface area contributed by atoms with Gasteiger partial charge in [-0.3, -0.25) is 4.90 Å². The summed E-state index contributed by atoms with van der Waals surface area (Å²) in [4.78, 5) is 25.6. The number of carbonyl (C=O) groups is 2. The van der Waals surface area contributed by atoms with E-state index in [-0.39, 0.29) is 18.9 Å². The van der Waals surface area contributed by atoms with Gasteiger partial charge in [0.05, 0.1) is 0 Å². The number of allylic oxidation sites excluding steroid dienone is 1. The smallest absolute Gasteiger partial charge is 0.410 e. The molecular formula is C23H25NO4. The monoisotopic (exact) mass is 379 g/mol. The third-order valence-electron chi connectivity index (χ3n) is 5.65. The molecule has 1 unspecified atom stereocenters. The van der Waals surface area contributed by atoms with E-state index in [1.807, 2.05) is 36.4 Å². The average Bonchev–Trinajstić information content (AvgIpc) is 3.03. The molecule has 0 heterocycles. The number of rotatable bonds is 7. The van der Waals surface area contributed by atoms with Gasteiger partial charge in [0.1, 0.15) is 12.1 Å². The van der Waals surface area contributed by atoms with Gasteiger partial charge in [0.2, 0.25) is 0 Å². The Balaban J connectivity index is 1.77. The van der Waals surface area contributed by atoms with Crippen LogP contribution >= 0.6 is 0 Å². The van der Waals surface area contributed by atoms with Crippen molar-refractivity contribution in [1.82, 2.24) is 4.90 Å². The van der Waals surface area contributed by atoms with Crippen molar-refractivity contribution in [3.63, 3.8) is 0 Å². The molecule has 28 heavy (non-hydrogen) atoms. The summed E-state index contributed by atoms with van der Waals surface area (Å²) < 4.78 is 5.58. The molecule has 1 atom stereocenters. The van der Waals surface area contributed by atoms with Crippen LogP contribution in [-0.2, 0) is 9.53 Å². The summed E-state index contributed by atoms with van der Waals surface area (Å²) in [5.41, 5.74) is 3.18. The fraction of sp³-hybridized carbons (Fsp3) is 0.304. The minimum Gasteiger partial charge on any atom is -0.480 e. The second-order valence-electron chi connectivity index (χ2n) is 7.27. The van der Waals surface area contributed by atoms with Gasteiger partial charge in [0.25, 0.3) is 0 Å². The number of carbonyl (C=O) groups excluding carboxylic acids is 1. The van der Waals surface area contributed by atoms with Gasteiger partial charge in [0.15, 0.2) is 0 Å². The van der Waals surface area contributed by atoms with Crippen molar-refractivity contribution >= 4 is 12.1 Å². The summed E-state index contributed by atoms with van der Waals surface area (Å²) in [6, 6.07) is 16.2. The minimum absolute atomic E-state index is 0.0611. The molecule has 1 N–H and O–H groups in total. The second-order valence-corrected chi connectivity index (χ2v) is 7.27. The van der Waals surface area contributed by atoms with E-state index in [0.717, 1.165) is 22.3 Å². The Morgan fingerprint density at radius 1 is 1.14 bits per heavy atom. The van der Waals surface area contributed by atoms with Gasteiger partial charge < -0.3 is 9.84 Å². The van der Waals surface area contributed by atoms with Crippen molar-refractivity contribution in [3.05, 3.63) is 72.3 Å². The Morgan fingerprint density at radius 2 is 1.68 bits per heavy atom. The van der Waals surface area contributed by atoms with Crippen molar-refractivity contribution in [2.24, 2.45) is 0 Å². The average molecular weight is 379 g/mol. The zero-order valence-corrected chi connectivity index (χ0v) is 16.2. The molecule has 146 valence electrons. The molecule has 0 aliphatic heterocycles. The minimum atomic E-state index is -1.35. The van der Waals surface area contributed by atoms with Gasteiger partial charge >= 0.3 is 12.1 Å². The lowest BCUT2D eigenvalue weighted by Gasteiger charge is -2.34. The van der Waals surface area contributed by atoms with Crippen molar-refractivity contribution < 1.29 is 19.4 Å². The number of ether oxygens (including phenoxy) is 1. The van der Waals surface area contributed by atoms with E-state index in [9.17, 15) is 14.7 Å². The highest BCUT2D eigenvalue weighted by atomic mass is 16.6. The summed E-state index contributed by atoms with van der Waals surface area (Å²) in [5, 5.41) is 9.63. The van der Waals surface area contributed by atoms with Crippen LogP contribution < -0.4 is 0 Å². The lowest BCUT2D eigenvalue weighted by molar-refractivity contribution is -0.149. The molecule has 0 saturated carbocycles. The zero-order chi connectivity index (χ0) is 20.3. The number of aliphatic carboxylic acids is 1. The number of fused-ring (bicyclic) bond motifs is 3. The Labute approximate surface area is 165 Å². The normalized spacial score (nSPS) is 14.5. The maximum absolute atomic E-state index is 12.7. The third-order valence-corrected chi connectivity index (χ3v) is 5.65. The molecule has 0 aromatic heterocycles. The molecule has 0 fully saturated rings. The molecule has 1 amide bonds. The summed E-state index contributed by atoms with van der Waals surface area (Å²) in [5.74, 6) is -1.13. The van der Waals surface area contributed by atoms with Crippen LogP contribution in [0.15, 0.2) is 61.2 Å². The van der Waals surface area contributed by atoms with Crippen LogP contribution in [0.25, 0.3) is 11.1 Å². The fourth-order valence-corrected chi connectivity index (χ4v) is 3.69. The quantitative estimate of drug-likeness (QED) is 0.710. The Bertz CT molecular complexity index is 861. The molecule has 0 saturated heterocycles. The predicted molar refractivity (Wildman–Crippen MR) is 108 cm³/mol. The van der Waals surface area contributed by atoms with Crippen LogP contribution in [0.1, 0.15) is 36.8 Å². The summed E-state index contributed by atoms with van der Waals surface area (Å²) in [6.07, 6.45) is 1.76. The number of carboxylic acid groups (broad SMARTS) is 1. The SMILES string of the molecule is C=CCCC(C)(C(=O)O)N(C)C(=O)OCC1c2ccccc2-c2ccccc21. The highest BCUT2D eigenvalue weighted by Gasteiger charge is 2.41. The standard InChI is InChI=1S/C23H25NO4/c1-4-5-14-23(2,21(25)26)24(3)22(27)28-15-20-18-12-8-6-10-16(18)17-11-7-9-13-19(17)20/h4,6-13,20H,1,5,14-15H2,2-3H3,(H,25,26). The lowest BCUT2D eigenvalue weighted by Crippen LogP contribution is -2.53. The molecule has 2 aromatic rings. The van der Waals surface area contributed by atoms with Gasteiger partial charge in [-0.05, 0) is 42.0 Å². The molecule has 1 aliphatic carbocycles. The highest BCUT2D eigenvalue weighted by molar-refractivity contribution is 5.84. The van der Waals surface area contributed by atoms with Crippen molar-refractivity contribution in [3.8, 4) is 11.1 Å². The van der Waals surface area contributed by atoms with E-state index in [2.05, 4.69) is 18.7 Å². The molecule has 0 bridgehead atoms. The summed E-state index contributed by atoms with van der Waals surface area (Å²) in [7, 11) is 1.47. The molecule has 2 aromatic carbocycles.